The number of thiocarbonyl (C=S) groups is 1. The van der Waals surface area contributed by atoms with Crippen LogP contribution in [0, 0.1) is 12.7 Å². The third kappa shape index (κ3) is 3.34. The molecule has 0 saturated carbocycles. The Hall–Kier alpha value is -2.34. The molecule has 2 heterocycles. The Balaban J connectivity index is 1.85. The van der Waals surface area contributed by atoms with Crippen LogP contribution in [0.2, 0.25) is 0 Å². The van der Waals surface area contributed by atoms with E-state index in [2.05, 4.69) is 24.5 Å². The van der Waals surface area contributed by atoms with E-state index in [0.29, 0.717) is 23.7 Å². The number of aryl methyl sites for hydroxylation is 1. The Bertz CT molecular complexity index is 913. The molecule has 27 heavy (non-hydrogen) atoms. The predicted molar refractivity (Wildman–Crippen MR) is 107 cm³/mol. The Morgan fingerprint density at radius 3 is 2.56 bits per heavy atom. The summed E-state index contributed by atoms with van der Waals surface area (Å²) in [5.41, 5.74) is 2.05. The summed E-state index contributed by atoms with van der Waals surface area (Å²) >= 11 is 5.43. The minimum absolute atomic E-state index is 0.000787. The van der Waals surface area contributed by atoms with E-state index >= 15 is 0 Å². The van der Waals surface area contributed by atoms with Crippen molar-refractivity contribution < 1.29 is 14.2 Å². The van der Waals surface area contributed by atoms with Gasteiger partial charge in [-0.15, -0.1) is 0 Å². The van der Waals surface area contributed by atoms with Gasteiger partial charge in [0.1, 0.15) is 17.3 Å². The zero-order chi connectivity index (χ0) is 19.4. The van der Waals surface area contributed by atoms with Crippen LogP contribution < -0.4 is 15.4 Å². The van der Waals surface area contributed by atoms with Gasteiger partial charge in [0, 0.05) is 35.9 Å². The lowest BCUT2D eigenvalue weighted by atomic mass is 9.76. The number of hydrogen-bond acceptors (Lipinski definition) is 3. The van der Waals surface area contributed by atoms with Gasteiger partial charge in [-0.3, -0.25) is 0 Å². The topological polar surface area (TPSA) is 53.5 Å². The van der Waals surface area contributed by atoms with E-state index < -0.39 is 5.72 Å². The van der Waals surface area contributed by atoms with E-state index in [4.69, 9.17) is 17.0 Å². The average Bonchev–Trinajstić information content (AvgIpc) is 2.51. The van der Waals surface area contributed by atoms with Crippen molar-refractivity contribution in [3.63, 3.8) is 0 Å². The predicted octanol–water partition coefficient (Wildman–Crippen LogP) is 4.10. The summed E-state index contributed by atoms with van der Waals surface area (Å²) in [4.78, 5) is 0. The number of nitrogens with one attached hydrogen (secondary N) is 2. The molecule has 142 valence electrons. The van der Waals surface area contributed by atoms with E-state index in [0.717, 1.165) is 16.7 Å². The molecule has 1 saturated heterocycles. The smallest absolute Gasteiger partial charge is 0.185 e. The first-order chi connectivity index (χ1) is 12.7. The molecule has 2 aromatic rings. The normalized spacial score (nSPS) is 25.9. The molecular formula is C21H23FN2O2S. The summed E-state index contributed by atoms with van der Waals surface area (Å²) in [6.45, 7) is 6.13. The lowest BCUT2D eigenvalue weighted by Crippen LogP contribution is -2.69. The maximum atomic E-state index is 13.5. The van der Waals surface area contributed by atoms with Crippen LogP contribution in [0.15, 0.2) is 36.4 Å². The number of fused-ring (bicyclic) bond motifs is 1. The maximum Gasteiger partial charge on any atom is 0.185 e. The van der Waals surface area contributed by atoms with Crippen molar-refractivity contribution in [2.45, 2.75) is 50.8 Å². The van der Waals surface area contributed by atoms with Crippen molar-refractivity contribution in [3.05, 3.63) is 58.9 Å². The fourth-order valence-electron chi connectivity index (χ4n) is 4.47. The lowest BCUT2D eigenvalue weighted by Gasteiger charge is -2.50. The number of rotatable bonds is 1. The average molecular weight is 386 g/mol. The minimum atomic E-state index is -0.696. The first-order valence-electron chi connectivity index (χ1n) is 9.05. The molecule has 0 amide bonds. The molecule has 0 radical (unpaired) electrons. The Kier molecular flexibility index (Phi) is 4.07. The zero-order valence-electron chi connectivity index (χ0n) is 15.6. The van der Waals surface area contributed by atoms with E-state index in [1.54, 1.807) is 12.1 Å². The summed E-state index contributed by atoms with van der Waals surface area (Å²) in [6.07, 6.45) is 1.34. The lowest BCUT2D eigenvalue weighted by molar-refractivity contribution is -0.0130. The second-order valence-corrected chi connectivity index (χ2v) is 8.63. The Morgan fingerprint density at radius 2 is 1.89 bits per heavy atom. The fourth-order valence-corrected chi connectivity index (χ4v) is 4.94. The number of hydrogen-bond donors (Lipinski definition) is 3. The van der Waals surface area contributed by atoms with Crippen LogP contribution in [0.4, 0.5) is 4.39 Å². The van der Waals surface area contributed by atoms with Crippen LogP contribution >= 0.6 is 12.2 Å². The Labute approximate surface area is 163 Å². The second kappa shape index (κ2) is 6.09. The van der Waals surface area contributed by atoms with E-state index in [-0.39, 0.29) is 23.0 Å². The van der Waals surface area contributed by atoms with Gasteiger partial charge in [0.25, 0.3) is 0 Å². The summed E-state index contributed by atoms with van der Waals surface area (Å²) < 4.78 is 19.9. The van der Waals surface area contributed by atoms with Gasteiger partial charge in [-0.2, -0.15) is 0 Å². The molecule has 2 aliphatic heterocycles. The highest BCUT2D eigenvalue weighted by atomic mass is 32.1. The standard InChI is InChI=1S/C21H23FN2O2S/c1-12-8-15(25)9-17-18(12)16(13-4-6-14(22)7-5-13)10-21(26-17)11-20(2,3)23-19(27)24-21/h4-9,16,25H,10-11H2,1-3H3,(H2,23,24,27)/t16-,21+/m0/s1. The van der Waals surface area contributed by atoms with Gasteiger partial charge in [0.05, 0.1) is 0 Å². The van der Waals surface area contributed by atoms with Crippen LogP contribution in [0.1, 0.15) is 49.3 Å². The van der Waals surface area contributed by atoms with E-state index in [1.807, 2.05) is 19.1 Å². The van der Waals surface area contributed by atoms with Crippen LogP contribution in [0.25, 0.3) is 0 Å². The summed E-state index contributed by atoms with van der Waals surface area (Å²) in [5, 5.41) is 17.3. The number of ether oxygens (including phenoxy) is 1. The third-order valence-electron chi connectivity index (χ3n) is 5.31. The van der Waals surface area contributed by atoms with E-state index in [9.17, 15) is 9.50 Å². The molecule has 0 unspecified atom stereocenters. The quantitative estimate of drug-likeness (QED) is 0.645. The summed E-state index contributed by atoms with van der Waals surface area (Å²) in [7, 11) is 0. The van der Waals surface area contributed by atoms with Gasteiger partial charge in [0.2, 0.25) is 0 Å². The Morgan fingerprint density at radius 1 is 1.19 bits per heavy atom. The highest BCUT2D eigenvalue weighted by Gasteiger charge is 2.49. The molecule has 3 N–H and O–H groups in total. The van der Waals surface area contributed by atoms with Crippen molar-refractivity contribution in [1.29, 1.82) is 0 Å². The monoisotopic (exact) mass is 386 g/mol. The van der Waals surface area contributed by atoms with Crippen LogP contribution in [0.5, 0.6) is 11.5 Å². The van der Waals surface area contributed by atoms with Crippen molar-refractivity contribution >= 4 is 17.3 Å². The first-order valence-corrected chi connectivity index (χ1v) is 9.46. The number of benzene rings is 2. The summed E-state index contributed by atoms with van der Waals surface area (Å²) in [5.74, 6) is 0.544. The molecule has 0 aliphatic carbocycles. The van der Waals surface area contributed by atoms with Crippen molar-refractivity contribution in [1.82, 2.24) is 10.6 Å². The summed E-state index contributed by atoms with van der Waals surface area (Å²) in [6, 6.07) is 9.99. The molecule has 4 rings (SSSR count). The molecule has 2 aliphatic rings. The second-order valence-electron chi connectivity index (χ2n) is 8.22. The highest BCUT2D eigenvalue weighted by Crippen LogP contribution is 2.49. The molecular weight excluding hydrogens is 363 g/mol. The molecule has 2 atom stereocenters. The van der Waals surface area contributed by atoms with Gasteiger partial charge in [0.15, 0.2) is 10.8 Å². The number of halogens is 1. The van der Waals surface area contributed by atoms with Crippen LogP contribution in [-0.4, -0.2) is 21.5 Å². The van der Waals surface area contributed by atoms with E-state index in [1.165, 1.54) is 12.1 Å². The highest BCUT2D eigenvalue weighted by molar-refractivity contribution is 7.80. The minimum Gasteiger partial charge on any atom is -0.508 e. The third-order valence-corrected chi connectivity index (χ3v) is 5.52. The first kappa shape index (κ1) is 18.0. The zero-order valence-corrected chi connectivity index (χ0v) is 16.4. The largest absolute Gasteiger partial charge is 0.508 e. The van der Waals surface area contributed by atoms with Crippen LogP contribution in [-0.2, 0) is 0 Å². The van der Waals surface area contributed by atoms with Gasteiger partial charge >= 0.3 is 0 Å². The SMILES string of the molecule is Cc1cc(O)cc2c1[C@H](c1ccc(F)cc1)C[C@]1(CC(C)(C)NC(=S)N1)O2. The molecule has 1 spiro atoms. The molecule has 6 heteroatoms. The molecule has 2 aromatic carbocycles. The molecule has 1 fully saturated rings. The number of aromatic hydroxyl groups is 1. The van der Waals surface area contributed by atoms with Gasteiger partial charge in [-0.1, -0.05) is 12.1 Å². The molecule has 0 bridgehead atoms. The molecule has 4 nitrogen and oxygen atoms in total. The van der Waals surface area contributed by atoms with Crippen molar-refractivity contribution in [2.24, 2.45) is 0 Å². The fraction of sp³-hybridized carbons (Fsp3) is 0.381. The maximum absolute atomic E-state index is 13.5. The molecule has 0 aromatic heterocycles. The van der Waals surface area contributed by atoms with Crippen LogP contribution in [0.3, 0.4) is 0 Å². The number of phenolic OH excluding ortho intramolecular Hbond substituents is 1. The van der Waals surface area contributed by atoms with Crippen molar-refractivity contribution in [2.75, 3.05) is 0 Å². The number of phenols is 1. The van der Waals surface area contributed by atoms with Gasteiger partial charge in [-0.25, -0.2) is 4.39 Å². The van der Waals surface area contributed by atoms with Gasteiger partial charge in [-0.05, 0) is 62.3 Å². The van der Waals surface area contributed by atoms with Gasteiger partial charge < -0.3 is 20.5 Å². The van der Waals surface area contributed by atoms with Crippen molar-refractivity contribution in [3.8, 4) is 11.5 Å².